The molecular formula is C28H40N16O4S4. The van der Waals surface area contributed by atoms with Crippen LogP contribution in [0.15, 0.2) is 0 Å². The zero-order valence-corrected chi connectivity index (χ0v) is 33.1. The van der Waals surface area contributed by atoms with Gasteiger partial charge in [-0.2, -0.15) is 0 Å². The number of thiocarbonyl (C=S) groups is 4. The monoisotopic (exact) mass is 792 g/mol. The van der Waals surface area contributed by atoms with Crippen LogP contribution in [0.25, 0.3) is 0 Å². The van der Waals surface area contributed by atoms with Crippen molar-refractivity contribution in [1.82, 2.24) is 78.4 Å². The van der Waals surface area contributed by atoms with E-state index in [1.807, 2.05) is 95.6 Å². The fraction of sp³-hybridized carbons (Fsp3) is 0.714. The van der Waals surface area contributed by atoms with Crippen molar-refractivity contribution in [3.63, 3.8) is 0 Å². The van der Waals surface area contributed by atoms with Crippen LogP contribution < -0.4 is 0 Å². The molecule has 9 aliphatic heterocycles. The summed E-state index contributed by atoms with van der Waals surface area (Å²) in [7, 11) is 14.7. The SMILES string of the molecule is CN1C(=S)N(C)C2C1N1CN3C(=O)N(CN4C(=O)N(CN5C(=O)N(CN2C1=O)C1C5N(C)C(=S)N1C)C1C4N(C)C(=S)N1C)C1C3N(C)C(=S)N1C. The second-order valence-electron chi connectivity index (χ2n) is 14.8. The molecule has 52 heavy (non-hydrogen) atoms. The minimum absolute atomic E-state index is 0.0910. The number of urea groups is 4. The standard InChI is InChI=1S/C28H40N16O4S4/c1-29-13-14(30(2)25(29)49)38-10-40-17-18(34(6)27(51)33(17)5)42(23(40)47)12-44-20-19(35(7)28(52)36(20)8)43(24(44)48)11-41-16-15(31(3)26(50)32(16)4)39(22(41)46)9-37(13)21(38)45/h13-20H,9-12H2,1-8H3. The molecule has 9 rings (SSSR count). The van der Waals surface area contributed by atoms with Crippen molar-refractivity contribution in [2.75, 3.05) is 83.1 Å². The van der Waals surface area contributed by atoms with Crippen molar-refractivity contribution in [3.8, 4) is 0 Å². The molecule has 9 heterocycles. The molecular weight excluding hydrogens is 753 g/mol. The Kier molecular flexibility index (Phi) is 6.94. The van der Waals surface area contributed by atoms with E-state index in [0.717, 1.165) is 0 Å². The topological polar surface area (TPSA) is 120 Å². The van der Waals surface area contributed by atoms with E-state index < -0.39 is 49.3 Å². The second kappa shape index (κ2) is 10.7. The molecule has 8 atom stereocenters. The summed E-state index contributed by atoms with van der Waals surface area (Å²) in [5, 5.41) is 2.10. The molecule has 24 heteroatoms. The Balaban J connectivity index is 1.21. The molecule has 0 radical (unpaired) electrons. The van der Waals surface area contributed by atoms with E-state index in [1.165, 1.54) is 0 Å². The van der Waals surface area contributed by atoms with Gasteiger partial charge in [0, 0.05) is 56.4 Å². The Labute approximate surface area is 322 Å². The maximum Gasteiger partial charge on any atom is 0.326 e. The van der Waals surface area contributed by atoms with Gasteiger partial charge in [-0.15, -0.1) is 0 Å². The van der Waals surface area contributed by atoms with Gasteiger partial charge in [0.2, 0.25) is 0 Å². The van der Waals surface area contributed by atoms with Crippen molar-refractivity contribution >= 4 is 93.4 Å². The Morgan fingerprint density at radius 1 is 0.308 bits per heavy atom. The number of hydrogen-bond donors (Lipinski definition) is 0. The molecule has 0 N–H and O–H groups in total. The summed E-state index contributed by atoms with van der Waals surface area (Å²) in [6, 6.07) is -1.40. The summed E-state index contributed by atoms with van der Waals surface area (Å²) >= 11 is 23.3. The lowest BCUT2D eigenvalue weighted by molar-refractivity contribution is 0.0596. The van der Waals surface area contributed by atoms with Gasteiger partial charge in [-0.25, -0.2) is 19.2 Å². The Morgan fingerprint density at radius 3 is 0.538 bits per heavy atom. The van der Waals surface area contributed by atoms with Crippen LogP contribution in [0.2, 0.25) is 0 Å². The Hall–Kier alpha value is -4.16. The summed E-state index contributed by atoms with van der Waals surface area (Å²) in [5.74, 6) is 0. The Morgan fingerprint density at radius 2 is 0.423 bits per heavy atom. The van der Waals surface area contributed by atoms with Crippen LogP contribution >= 0.6 is 48.9 Å². The molecule has 0 saturated carbocycles. The molecule has 9 fully saturated rings. The number of nitrogens with zero attached hydrogens (tertiary/aromatic N) is 16. The summed E-state index contributed by atoms with van der Waals surface area (Å²) in [6.45, 7) is -0.364. The zero-order valence-electron chi connectivity index (χ0n) is 29.9. The third-order valence-electron chi connectivity index (χ3n) is 12.4. The molecule has 8 bridgehead atoms. The predicted octanol–water partition coefficient (Wildman–Crippen LogP) is -1.96. The van der Waals surface area contributed by atoms with Crippen molar-refractivity contribution in [1.29, 1.82) is 0 Å². The van der Waals surface area contributed by atoms with E-state index >= 15 is 0 Å². The van der Waals surface area contributed by atoms with E-state index in [1.54, 1.807) is 39.2 Å². The third kappa shape index (κ3) is 3.80. The first-order chi connectivity index (χ1) is 24.5. The lowest BCUT2D eigenvalue weighted by atomic mass is 10.3. The highest BCUT2D eigenvalue weighted by molar-refractivity contribution is 7.80. The number of rotatable bonds is 0. The highest BCUT2D eigenvalue weighted by Gasteiger charge is 2.65. The fourth-order valence-corrected chi connectivity index (χ4v) is 10.7. The van der Waals surface area contributed by atoms with E-state index in [2.05, 4.69) is 0 Å². The van der Waals surface area contributed by atoms with Crippen molar-refractivity contribution < 1.29 is 19.2 Å². The van der Waals surface area contributed by atoms with Gasteiger partial charge in [0.25, 0.3) is 0 Å². The molecule has 0 aromatic rings. The van der Waals surface area contributed by atoms with Gasteiger partial charge >= 0.3 is 24.1 Å². The van der Waals surface area contributed by atoms with Crippen LogP contribution in [-0.2, 0) is 0 Å². The second-order valence-corrected chi connectivity index (χ2v) is 16.2. The van der Waals surface area contributed by atoms with Crippen LogP contribution in [-0.4, -0.2) is 255 Å². The van der Waals surface area contributed by atoms with Crippen LogP contribution in [0.1, 0.15) is 0 Å². The molecule has 0 spiro atoms. The molecule has 20 nitrogen and oxygen atoms in total. The highest BCUT2D eigenvalue weighted by Crippen LogP contribution is 2.42. The van der Waals surface area contributed by atoms with E-state index in [0.29, 0.717) is 20.4 Å². The average Bonchev–Trinajstić information content (AvgIpc) is 3.92. The largest absolute Gasteiger partial charge is 0.328 e. The summed E-state index contributed by atoms with van der Waals surface area (Å²) in [4.78, 5) is 86.9. The minimum atomic E-state index is -0.566. The van der Waals surface area contributed by atoms with Gasteiger partial charge in [0.1, 0.15) is 76.0 Å². The van der Waals surface area contributed by atoms with Crippen LogP contribution in [0.3, 0.4) is 0 Å². The number of carbonyl (C=O) groups is 4. The molecule has 0 aliphatic carbocycles. The number of fused-ring (bicyclic) bond motifs is 20. The van der Waals surface area contributed by atoms with Gasteiger partial charge in [-0.3, -0.25) is 39.2 Å². The van der Waals surface area contributed by atoms with Gasteiger partial charge in [0.15, 0.2) is 20.4 Å². The quantitative estimate of drug-likeness (QED) is 0.253. The molecule has 0 aromatic carbocycles. The molecule has 9 saturated heterocycles. The number of amides is 8. The van der Waals surface area contributed by atoms with Crippen LogP contribution in [0, 0.1) is 0 Å². The van der Waals surface area contributed by atoms with Crippen molar-refractivity contribution in [2.24, 2.45) is 0 Å². The maximum absolute atomic E-state index is 14.7. The van der Waals surface area contributed by atoms with Gasteiger partial charge < -0.3 is 39.2 Å². The smallest absolute Gasteiger partial charge is 0.326 e. The normalized spacial score (nSPS) is 35.8. The van der Waals surface area contributed by atoms with Gasteiger partial charge in [-0.1, -0.05) is 0 Å². The fourth-order valence-electron chi connectivity index (χ4n) is 9.84. The van der Waals surface area contributed by atoms with Crippen molar-refractivity contribution in [2.45, 2.75) is 49.3 Å². The lowest BCUT2D eigenvalue weighted by Crippen LogP contribution is -2.56. The highest BCUT2D eigenvalue weighted by atomic mass is 32.1. The Bertz CT molecular complexity index is 1420. The van der Waals surface area contributed by atoms with E-state index in [-0.39, 0.29) is 50.8 Å². The third-order valence-corrected chi connectivity index (χ3v) is 14.7. The zero-order chi connectivity index (χ0) is 37.3. The molecule has 9 aliphatic rings. The summed E-state index contributed by atoms with van der Waals surface area (Å²) < 4.78 is 0. The molecule has 280 valence electrons. The number of hydrogen-bond acceptors (Lipinski definition) is 8. The first-order valence-corrected chi connectivity index (χ1v) is 18.4. The first kappa shape index (κ1) is 33.7. The van der Waals surface area contributed by atoms with E-state index in [4.69, 9.17) is 48.9 Å². The number of likely N-dealkylation sites (N-methyl/N-ethyl adjacent to an activating group) is 8. The predicted molar refractivity (Wildman–Crippen MR) is 199 cm³/mol. The molecule has 8 amide bonds. The molecule has 8 unspecified atom stereocenters. The average molecular weight is 793 g/mol. The maximum atomic E-state index is 14.7. The minimum Gasteiger partial charge on any atom is -0.328 e. The first-order valence-electron chi connectivity index (χ1n) is 16.8. The lowest BCUT2D eigenvalue weighted by Gasteiger charge is -2.36. The van der Waals surface area contributed by atoms with Crippen LogP contribution in [0.4, 0.5) is 19.2 Å². The van der Waals surface area contributed by atoms with E-state index in [9.17, 15) is 19.2 Å². The molecule has 0 aromatic heterocycles. The van der Waals surface area contributed by atoms with Gasteiger partial charge in [0.05, 0.1) is 0 Å². The summed E-state index contributed by atoms with van der Waals surface area (Å²) in [6.07, 6.45) is -4.53. The van der Waals surface area contributed by atoms with Crippen molar-refractivity contribution in [3.05, 3.63) is 0 Å². The van der Waals surface area contributed by atoms with Crippen LogP contribution in [0.5, 0.6) is 0 Å². The summed E-state index contributed by atoms with van der Waals surface area (Å²) in [5.41, 5.74) is 0. The number of carbonyl (C=O) groups excluding carboxylic acids is 4. The van der Waals surface area contributed by atoms with Gasteiger partial charge in [-0.05, 0) is 48.9 Å².